The average Bonchev–Trinajstić information content (AvgIpc) is 2.83. The van der Waals surface area contributed by atoms with E-state index in [2.05, 4.69) is 27.2 Å². The lowest BCUT2D eigenvalue weighted by atomic mass is 9.91. The SMILES string of the molecule is COc1cccc(-c2cnnc(N3CCCC(C(=O)CCc4ccccc4)C3)n2)c1. The molecule has 3 aromatic rings. The van der Waals surface area contributed by atoms with E-state index in [-0.39, 0.29) is 5.92 Å². The van der Waals surface area contributed by atoms with Crippen LogP contribution in [0.1, 0.15) is 24.8 Å². The lowest BCUT2D eigenvalue weighted by molar-refractivity contribution is -0.123. The summed E-state index contributed by atoms with van der Waals surface area (Å²) in [6.07, 6.45) is 4.90. The first-order valence-electron chi connectivity index (χ1n) is 10.4. The number of ether oxygens (including phenoxy) is 1. The van der Waals surface area contributed by atoms with Crippen LogP contribution in [0.25, 0.3) is 11.3 Å². The van der Waals surface area contributed by atoms with Crippen LogP contribution in [0.3, 0.4) is 0 Å². The van der Waals surface area contributed by atoms with Crippen molar-refractivity contribution >= 4 is 11.7 Å². The minimum Gasteiger partial charge on any atom is -0.497 e. The molecule has 0 aliphatic carbocycles. The number of anilines is 1. The van der Waals surface area contributed by atoms with Crippen molar-refractivity contribution in [2.24, 2.45) is 5.92 Å². The number of piperidine rings is 1. The van der Waals surface area contributed by atoms with Crippen LogP contribution in [0.2, 0.25) is 0 Å². The summed E-state index contributed by atoms with van der Waals surface area (Å²) in [5.74, 6) is 1.69. The third-order valence-corrected chi connectivity index (χ3v) is 5.58. The summed E-state index contributed by atoms with van der Waals surface area (Å²) in [4.78, 5) is 19.6. The summed E-state index contributed by atoms with van der Waals surface area (Å²) >= 11 is 0. The standard InChI is InChI=1S/C24H26N4O2/c1-30-21-11-5-9-19(15-21)22-16-25-27-24(26-22)28-14-6-10-20(17-28)23(29)13-12-18-7-3-2-4-8-18/h2-5,7-9,11,15-16,20H,6,10,12-14,17H2,1H3. The van der Waals surface area contributed by atoms with Crippen LogP contribution >= 0.6 is 0 Å². The number of carbonyl (C=O) groups is 1. The molecule has 6 nitrogen and oxygen atoms in total. The number of methoxy groups -OCH3 is 1. The number of carbonyl (C=O) groups excluding carboxylic acids is 1. The van der Waals surface area contributed by atoms with Crippen LogP contribution in [0.4, 0.5) is 5.95 Å². The summed E-state index contributed by atoms with van der Waals surface area (Å²) in [6, 6.07) is 17.9. The number of aryl methyl sites for hydroxylation is 1. The fourth-order valence-electron chi connectivity index (χ4n) is 3.89. The van der Waals surface area contributed by atoms with Crippen molar-refractivity contribution < 1.29 is 9.53 Å². The Hall–Kier alpha value is -3.28. The Morgan fingerprint density at radius 2 is 2.03 bits per heavy atom. The summed E-state index contributed by atoms with van der Waals surface area (Å²) in [5.41, 5.74) is 2.88. The van der Waals surface area contributed by atoms with Crippen molar-refractivity contribution in [2.45, 2.75) is 25.7 Å². The van der Waals surface area contributed by atoms with Crippen molar-refractivity contribution in [1.82, 2.24) is 15.2 Å². The Labute approximate surface area is 176 Å². The van der Waals surface area contributed by atoms with Gasteiger partial charge in [0, 0.05) is 31.0 Å². The quantitative estimate of drug-likeness (QED) is 0.596. The maximum absolute atomic E-state index is 12.8. The molecule has 1 aliphatic heterocycles. The number of aromatic nitrogens is 3. The molecular formula is C24H26N4O2. The average molecular weight is 402 g/mol. The minimum absolute atomic E-state index is 0.0199. The zero-order valence-electron chi connectivity index (χ0n) is 17.2. The molecule has 0 radical (unpaired) electrons. The van der Waals surface area contributed by atoms with Crippen LogP contribution < -0.4 is 9.64 Å². The van der Waals surface area contributed by atoms with Crippen molar-refractivity contribution in [2.75, 3.05) is 25.1 Å². The molecule has 1 saturated heterocycles. The molecule has 1 unspecified atom stereocenters. The Morgan fingerprint density at radius 3 is 2.87 bits per heavy atom. The monoisotopic (exact) mass is 402 g/mol. The van der Waals surface area contributed by atoms with Crippen LogP contribution in [0.5, 0.6) is 5.75 Å². The maximum atomic E-state index is 12.8. The molecule has 0 saturated carbocycles. The molecule has 2 aromatic carbocycles. The molecule has 0 spiro atoms. The van der Waals surface area contributed by atoms with Gasteiger partial charge in [-0.1, -0.05) is 42.5 Å². The molecule has 154 valence electrons. The fraction of sp³-hybridized carbons (Fsp3) is 0.333. The number of ketones is 1. The highest BCUT2D eigenvalue weighted by atomic mass is 16.5. The molecule has 0 bridgehead atoms. The van der Waals surface area contributed by atoms with E-state index < -0.39 is 0 Å². The Kier molecular flexibility index (Phi) is 6.32. The number of nitrogens with zero attached hydrogens (tertiary/aromatic N) is 4. The van der Waals surface area contributed by atoms with Gasteiger partial charge in [-0.05, 0) is 37.0 Å². The highest BCUT2D eigenvalue weighted by Crippen LogP contribution is 2.25. The van der Waals surface area contributed by atoms with Gasteiger partial charge >= 0.3 is 0 Å². The van der Waals surface area contributed by atoms with Gasteiger partial charge < -0.3 is 9.64 Å². The molecule has 1 atom stereocenters. The van der Waals surface area contributed by atoms with E-state index in [1.165, 1.54) is 5.56 Å². The van der Waals surface area contributed by atoms with Crippen molar-refractivity contribution in [3.8, 4) is 17.0 Å². The van der Waals surface area contributed by atoms with Crippen LogP contribution in [0, 0.1) is 5.92 Å². The van der Waals surface area contributed by atoms with Crippen LogP contribution in [-0.4, -0.2) is 41.2 Å². The van der Waals surface area contributed by atoms with Gasteiger partial charge in [0.1, 0.15) is 11.5 Å². The summed E-state index contributed by atoms with van der Waals surface area (Å²) in [7, 11) is 1.64. The number of benzene rings is 2. The molecule has 30 heavy (non-hydrogen) atoms. The van der Waals surface area contributed by atoms with E-state index >= 15 is 0 Å². The Bertz CT molecular complexity index is 993. The third-order valence-electron chi connectivity index (χ3n) is 5.58. The zero-order chi connectivity index (χ0) is 20.8. The topological polar surface area (TPSA) is 68.2 Å². The summed E-state index contributed by atoms with van der Waals surface area (Å²) in [5, 5.41) is 8.40. The molecule has 1 aromatic heterocycles. The first-order valence-corrected chi connectivity index (χ1v) is 10.4. The predicted octanol–water partition coefficient (Wildman–Crippen LogP) is 3.97. The Balaban J connectivity index is 1.43. The summed E-state index contributed by atoms with van der Waals surface area (Å²) in [6.45, 7) is 1.49. The molecular weight excluding hydrogens is 376 g/mol. The van der Waals surface area contributed by atoms with E-state index in [0.717, 1.165) is 42.8 Å². The van der Waals surface area contributed by atoms with Gasteiger partial charge in [0.05, 0.1) is 19.0 Å². The second-order valence-corrected chi connectivity index (χ2v) is 7.61. The first-order chi connectivity index (χ1) is 14.7. The maximum Gasteiger partial charge on any atom is 0.245 e. The van der Waals surface area contributed by atoms with Crippen LogP contribution in [0.15, 0.2) is 60.8 Å². The second kappa shape index (κ2) is 9.48. The lowest BCUT2D eigenvalue weighted by Gasteiger charge is -2.31. The smallest absolute Gasteiger partial charge is 0.245 e. The van der Waals surface area contributed by atoms with E-state index in [4.69, 9.17) is 9.72 Å². The largest absolute Gasteiger partial charge is 0.497 e. The molecule has 4 rings (SSSR count). The number of Topliss-reactive ketones (excluding diaryl/α,β-unsaturated/α-hetero) is 1. The summed E-state index contributed by atoms with van der Waals surface area (Å²) < 4.78 is 5.31. The highest BCUT2D eigenvalue weighted by Gasteiger charge is 2.27. The number of hydrogen-bond donors (Lipinski definition) is 0. The number of rotatable bonds is 7. The molecule has 6 heteroatoms. The molecule has 0 N–H and O–H groups in total. The van der Waals surface area contributed by atoms with Crippen molar-refractivity contribution in [3.63, 3.8) is 0 Å². The van der Waals surface area contributed by atoms with Gasteiger partial charge in [-0.2, -0.15) is 5.10 Å². The van der Waals surface area contributed by atoms with E-state index in [1.54, 1.807) is 13.3 Å². The zero-order valence-corrected chi connectivity index (χ0v) is 17.2. The van der Waals surface area contributed by atoms with E-state index in [1.807, 2.05) is 42.5 Å². The van der Waals surface area contributed by atoms with Gasteiger partial charge in [-0.25, -0.2) is 4.98 Å². The second-order valence-electron chi connectivity index (χ2n) is 7.61. The first kappa shape index (κ1) is 20.0. The van der Waals surface area contributed by atoms with Gasteiger partial charge in [0.15, 0.2) is 0 Å². The van der Waals surface area contributed by atoms with Gasteiger partial charge in [-0.3, -0.25) is 4.79 Å². The molecule has 1 aliphatic rings. The predicted molar refractivity (Wildman–Crippen MR) is 117 cm³/mol. The molecule has 2 heterocycles. The molecule has 0 amide bonds. The van der Waals surface area contributed by atoms with Crippen LogP contribution in [-0.2, 0) is 11.2 Å². The number of hydrogen-bond acceptors (Lipinski definition) is 6. The lowest BCUT2D eigenvalue weighted by Crippen LogP contribution is -2.40. The highest BCUT2D eigenvalue weighted by molar-refractivity contribution is 5.82. The normalized spacial score (nSPS) is 16.3. The van der Waals surface area contributed by atoms with Gasteiger partial charge in [0.2, 0.25) is 5.95 Å². The van der Waals surface area contributed by atoms with E-state index in [9.17, 15) is 4.79 Å². The van der Waals surface area contributed by atoms with Crippen molar-refractivity contribution in [1.29, 1.82) is 0 Å². The minimum atomic E-state index is 0.0199. The van der Waals surface area contributed by atoms with E-state index in [0.29, 0.717) is 24.7 Å². The fourth-order valence-corrected chi connectivity index (χ4v) is 3.89. The molecule has 1 fully saturated rings. The Morgan fingerprint density at radius 1 is 1.17 bits per heavy atom. The van der Waals surface area contributed by atoms with Gasteiger partial charge in [-0.15, -0.1) is 5.10 Å². The van der Waals surface area contributed by atoms with Gasteiger partial charge in [0.25, 0.3) is 0 Å². The van der Waals surface area contributed by atoms with Crippen molar-refractivity contribution in [3.05, 3.63) is 66.4 Å². The third kappa shape index (κ3) is 4.82.